The summed E-state index contributed by atoms with van der Waals surface area (Å²) in [5.74, 6) is 0.0266. The van der Waals surface area contributed by atoms with E-state index in [0.717, 1.165) is 5.69 Å². The lowest BCUT2D eigenvalue weighted by Crippen LogP contribution is -2.31. The summed E-state index contributed by atoms with van der Waals surface area (Å²) < 4.78 is 5.54. The van der Waals surface area contributed by atoms with Gasteiger partial charge in [-0.15, -0.1) is 0 Å². The fraction of sp³-hybridized carbons (Fsp3) is 0.294. The Hall–Kier alpha value is -2.41. The first-order chi connectivity index (χ1) is 11.6. The van der Waals surface area contributed by atoms with Gasteiger partial charge in [0.15, 0.2) is 5.16 Å². The summed E-state index contributed by atoms with van der Waals surface area (Å²) in [6.45, 7) is 4.18. The molecule has 1 atom stereocenters. The van der Waals surface area contributed by atoms with E-state index in [1.54, 1.807) is 30.5 Å². The van der Waals surface area contributed by atoms with Crippen molar-refractivity contribution < 1.29 is 14.3 Å². The van der Waals surface area contributed by atoms with Gasteiger partial charge in [0.25, 0.3) is 0 Å². The maximum Gasteiger partial charge on any atom is 0.248 e. The molecule has 1 aromatic carbocycles. The van der Waals surface area contributed by atoms with Crippen molar-refractivity contribution in [3.63, 3.8) is 0 Å². The SMILES string of the molecule is CCOc1ccccc1N1C(=O)C[C@H](Sc2nccc(C)n2)C1=O. The third-order valence-electron chi connectivity index (χ3n) is 3.53. The molecule has 7 heteroatoms. The number of thioether (sulfide) groups is 1. The third kappa shape index (κ3) is 3.26. The van der Waals surface area contributed by atoms with E-state index in [-0.39, 0.29) is 18.2 Å². The van der Waals surface area contributed by atoms with Gasteiger partial charge in [-0.25, -0.2) is 14.9 Å². The summed E-state index contributed by atoms with van der Waals surface area (Å²) in [6.07, 6.45) is 1.77. The Labute approximate surface area is 144 Å². The molecule has 1 fully saturated rings. The second-order valence-corrected chi connectivity index (χ2v) is 6.43. The van der Waals surface area contributed by atoms with Crippen LogP contribution < -0.4 is 9.64 Å². The smallest absolute Gasteiger partial charge is 0.248 e. The van der Waals surface area contributed by atoms with Crippen LogP contribution in [0.25, 0.3) is 0 Å². The quantitative estimate of drug-likeness (QED) is 0.614. The second-order valence-electron chi connectivity index (χ2n) is 5.26. The van der Waals surface area contributed by atoms with Crippen LogP contribution in [0.15, 0.2) is 41.7 Å². The van der Waals surface area contributed by atoms with Gasteiger partial charge in [-0.05, 0) is 32.0 Å². The molecule has 0 bridgehead atoms. The molecule has 2 amide bonds. The van der Waals surface area contributed by atoms with Gasteiger partial charge < -0.3 is 4.74 Å². The van der Waals surface area contributed by atoms with Gasteiger partial charge in [-0.1, -0.05) is 23.9 Å². The van der Waals surface area contributed by atoms with Gasteiger partial charge in [0, 0.05) is 18.3 Å². The molecular weight excluding hydrogens is 326 g/mol. The standard InChI is InChI=1S/C17H17N3O3S/c1-3-23-13-7-5-4-6-12(13)20-15(21)10-14(16(20)22)24-17-18-9-8-11(2)19-17/h4-9,14H,3,10H2,1-2H3/t14-/m0/s1. The van der Waals surface area contributed by atoms with Crippen molar-refractivity contribution in [1.29, 1.82) is 0 Å². The van der Waals surface area contributed by atoms with Crippen molar-refractivity contribution in [2.75, 3.05) is 11.5 Å². The average Bonchev–Trinajstić information content (AvgIpc) is 2.82. The van der Waals surface area contributed by atoms with Crippen LogP contribution in [-0.2, 0) is 9.59 Å². The van der Waals surface area contributed by atoms with Crippen molar-refractivity contribution in [2.45, 2.75) is 30.7 Å². The lowest BCUT2D eigenvalue weighted by molar-refractivity contribution is -0.121. The molecule has 0 saturated carbocycles. The summed E-state index contributed by atoms with van der Waals surface area (Å²) in [4.78, 5) is 34.8. The fourth-order valence-electron chi connectivity index (χ4n) is 2.48. The monoisotopic (exact) mass is 343 g/mol. The highest BCUT2D eigenvalue weighted by Crippen LogP contribution is 2.36. The first-order valence-corrected chi connectivity index (χ1v) is 8.53. The van der Waals surface area contributed by atoms with Crippen LogP contribution in [0.1, 0.15) is 19.0 Å². The first-order valence-electron chi connectivity index (χ1n) is 7.65. The van der Waals surface area contributed by atoms with Crippen LogP contribution >= 0.6 is 11.8 Å². The molecule has 0 radical (unpaired) electrons. The van der Waals surface area contributed by atoms with E-state index in [2.05, 4.69) is 9.97 Å². The first kappa shape index (κ1) is 16.4. The van der Waals surface area contributed by atoms with E-state index < -0.39 is 5.25 Å². The molecule has 6 nitrogen and oxygen atoms in total. The lowest BCUT2D eigenvalue weighted by atomic mass is 10.2. The van der Waals surface area contributed by atoms with Gasteiger partial charge in [0.1, 0.15) is 11.0 Å². The molecule has 0 spiro atoms. The van der Waals surface area contributed by atoms with Gasteiger partial charge in [0.05, 0.1) is 12.3 Å². The maximum atomic E-state index is 12.7. The molecule has 1 aromatic heterocycles. The van der Waals surface area contributed by atoms with Crippen molar-refractivity contribution in [3.8, 4) is 5.75 Å². The highest BCUT2D eigenvalue weighted by Gasteiger charge is 2.41. The molecule has 0 aliphatic carbocycles. The number of carbonyl (C=O) groups excluding carboxylic acids is 2. The summed E-state index contributed by atoms with van der Waals surface area (Å²) in [6, 6.07) is 8.85. The predicted molar refractivity (Wildman–Crippen MR) is 91.1 cm³/mol. The van der Waals surface area contributed by atoms with Crippen LogP contribution in [-0.4, -0.2) is 33.6 Å². The molecule has 24 heavy (non-hydrogen) atoms. The highest BCUT2D eigenvalue weighted by molar-refractivity contribution is 8.00. The molecule has 2 aromatic rings. The second kappa shape index (κ2) is 7.00. The van der Waals surface area contributed by atoms with Crippen LogP contribution in [0.2, 0.25) is 0 Å². The number of imide groups is 1. The number of hydrogen-bond acceptors (Lipinski definition) is 6. The van der Waals surface area contributed by atoms with Crippen LogP contribution in [0.5, 0.6) is 5.75 Å². The van der Waals surface area contributed by atoms with Crippen molar-refractivity contribution in [2.24, 2.45) is 0 Å². The Morgan fingerprint density at radius 1 is 1.29 bits per heavy atom. The molecule has 2 heterocycles. The van der Waals surface area contributed by atoms with Gasteiger partial charge in [-0.2, -0.15) is 0 Å². The normalized spacial score (nSPS) is 17.4. The third-order valence-corrected chi connectivity index (χ3v) is 4.59. The molecule has 1 aliphatic heterocycles. The Morgan fingerprint density at radius 3 is 2.83 bits per heavy atom. The zero-order valence-electron chi connectivity index (χ0n) is 13.4. The van der Waals surface area contributed by atoms with Gasteiger partial charge >= 0.3 is 0 Å². The lowest BCUT2D eigenvalue weighted by Gasteiger charge is -2.18. The van der Waals surface area contributed by atoms with E-state index in [1.807, 2.05) is 19.9 Å². The summed E-state index contributed by atoms with van der Waals surface area (Å²) in [5.41, 5.74) is 1.31. The number of nitrogens with zero attached hydrogens (tertiary/aromatic N) is 3. The Morgan fingerprint density at radius 2 is 2.08 bits per heavy atom. The fourth-order valence-corrected chi connectivity index (χ4v) is 3.48. The summed E-state index contributed by atoms with van der Waals surface area (Å²) in [5, 5.41) is -0.0184. The molecule has 1 aliphatic rings. The largest absolute Gasteiger partial charge is 0.492 e. The molecule has 0 unspecified atom stereocenters. The van der Waals surface area contributed by atoms with Crippen LogP contribution in [0, 0.1) is 6.92 Å². The Kier molecular flexibility index (Phi) is 4.80. The van der Waals surface area contributed by atoms with E-state index in [0.29, 0.717) is 23.2 Å². The molecule has 3 rings (SSSR count). The number of aryl methyl sites for hydroxylation is 1. The average molecular weight is 343 g/mol. The van der Waals surface area contributed by atoms with E-state index in [9.17, 15) is 9.59 Å². The van der Waals surface area contributed by atoms with Crippen LogP contribution in [0.3, 0.4) is 0 Å². The van der Waals surface area contributed by atoms with E-state index in [1.165, 1.54) is 16.7 Å². The zero-order chi connectivity index (χ0) is 17.1. The van der Waals surface area contributed by atoms with Gasteiger partial charge in [0.2, 0.25) is 11.8 Å². The summed E-state index contributed by atoms with van der Waals surface area (Å²) in [7, 11) is 0. The van der Waals surface area contributed by atoms with Gasteiger partial charge in [-0.3, -0.25) is 9.59 Å². The van der Waals surface area contributed by atoms with Crippen molar-refractivity contribution in [3.05, 3.63) is 42.2 Å². The minimum Gasteiger partial charge on any atom is -0.492 e. The number of aromatic nitrogens is 2. The molecule has 1 saturated heterocycles. The minimum atomic E-state index is -0.519. The highest BCUT2D eigenvalue weighted by atomic mass is 32.2. The van der Waals surface area contributed by atoms with E-state index in [4.69, 9.17) is 4.74 Å². The molecular formula is C17H17N3O3S. The summed E-state index contributed by atoms with van der Waals surface area (Å²) >= 11 is 1.22. The molecule has 0 N–H and O–H groups in total. The number of ether oxygens (including phenoxy) is 1. The number of para-hydroxylation sites is 2. The van der Waals surface area contributed by atoms with Crippen molar-refractivity contribution >= 4 is 29.3 Å². The predicted octanol–water partition coefficient (Wildman–Crippen LogP) is 2.61. The number of benzene rings is 1. The Bertz CT molecular complexity index is 781. The number of carbonyl (C=O) groups is 2. The molecule has 124 valence electrons. The number of amides is 2. The van der Waals surface area contributed by atoms with Crippen molar-refractivity contribution in [1.82, 2.24) is 9.97 Å². The topological polar surface area (TPSA) is 72.4 Å². The minimum absolute atomic E-state index is 0.126. The Balaban J connectivity index is 1.84. The van der Waals surface area contributed by atoms with E-state index >= 15 is 0 Å². The maximum absolute atomic E-state index is 12.7. The number of anilines is 1. The zero-order valence-corrected chi connectivity index (χ0v) is 14.2. The number of hydrogen-bond donors (Lipinski definition) is 0. The number of rotatable bonds is 5. The van der Waals surface area contributed by atoms with Crippen LogP contribution in [0.4, 0.5) is 5.69 Å².